The number of rotatable bonds is 3. The third-order valence-corrected chi connectivity index (χ3v) is 2.16. The Morgan fingerprint density at radius 1 is 1.41 bits per heavy atom. The quantitative estimate of drug-likeness (QED) is 0.801. The Kier molecular flexibility index (Phi) is 3.84. The maximum Gasteiger partial charge on any atom is 0.225 e. The Morgan fingerprint density at radius 2 is 2.06 bits per heavy atom. The van der Waals surface area contributed by atoms with Gasteiger partial charge in [-0.1, -0.05) is 12.0 Å². The molecule has 0 spiro atoms. The van der Waals surface area contributed by atoms with Crippen molar-refractivity contribution in [3.05, 3.63) is 35.4 Å². The van der Waals surface area contributed by atoms with Gasteiger partial charge in [0.1, 0.15) is 0 Å². The summed E-state index contributed by atoms with van der Waals surface area (Å²) in [4.78, 5) is 11.6. The molecule has 0 aliphatic carbocycles. The van der Waals surface area contributed by atoms with Crippen molar-refractivity contribution >= 4 is 5.91 Å². The van der Waals surface area contributed by atoms with Gasteiger partial charge in [-0.25, -0.2) is 8.78 Å². The second kappa shape index (κ2) is 4.96. The van der Waals surface area contributed by atoms with Crippen molar-refractivity contribution in [1.29, 1.82) is 0 Å². The molecule has 0 aliphatic rings. The molecule has 0 aromatic heterocycles. The van der Waals surface area contributed by atoms with Crippen molar-refractivity contribution in [2.24, 2.45) is 0 Å². The van der Waals surface area contributed by atoms with Gasteiger partial charge >= 0.3 is 0 Å². The van der Waals surface area contributed by atoms with E-state index in [1.165, 1.54) is 6.07 Å². The molecule has 2 nitrogen and oxygen atoms in total. The van der Waals surface area contributed by atoms with Crippen LogP contribution >= 0.6 is 0 Å². The van der Waals surface area contributed by atoms with Gasteiger partial charge in [-0.3, -0.25) is 4.79 Å². The summed E-state index contributed by atoms with van der Waals surface area (Å²) in [5.74, 6) is 0.180. The second-order valence-corrected chi connectivity index (χ2v) is 4.24. The highest BCUT2D eigenvalue weighted by atomic mass is 19.2. The fourth-order valence-corrected chi connectivity index (χ4v) is 1.26. The van der Waals surface area contributed by atoms with E-state index in [2.05, 4.69) is 11.2 Å². The number of carbonyl (C=O) groups excluding carboxylic acids is 1. The van der Waals surface area contributed by atoms with Crippen LogP contribution in [-0.2, 0) is 11.2 Å². The summed E-state index contributed by atoms with van der Waals surface area (Å²) >= 11 is 0. The Morgan fingerprint density at radius 3 is 2.59 bits per heavy atom. The number of halogens is 2. The molecular formula is C13H13F2NO. The topological polar surface area (TPSA) is 29.1 Å². The molecule has 0 saturated carbocycles. The number of hydrogen-bond donors (Lipinski definition) is 1. The van der Waals surface area contributed by atoms with E-state index in [1.54, 1.807) is 13.8 Å². The monoisotopic (exact) mass is 237 g/mol. The molecule has 17 heavy (non-hydrogen) atoms. The van der Waals surface area contributed by atoms with Gasteiger partial charge < -0.3 is 5.32 Å². The smallest absolute Gasteiger partial charge is 0.225 e. The Balaban J connectivity index is 2.69. The molecule has 0 atom stereocenters. The van der Waals surface area contributed by atoms with E-state index in [-0.39, 0.29) is 12.3 Å². The lowest BCUT2D eigenvalue weighted by atomic mass is 10.1. The van der Waals surface area contributed by atoms with Crippen LogP contribution in [0.2, 0.25) is 0 Å². The minimum absolute atomic E-state index is 0.0394. The SMILES string of the molecule is C#CC(C)(C)NC(=O)Cc1ccc(F)c(F)c1. The van der Waals surface area contributed by atoms with Crippen molar-refractivity contribution in [2.75, 3.05) is 0 Å². The highest BCUT2D eigenvalue weighted by molar-refractivity contribution is 5.79. The first-order valence-corrected chi connectivity index (χ1v) is 5.07. The number of carbonyl (C=O) groups is 1. The molecule has 1 rings (SSSR count). The van der Waals surface area contributed by atoms with E-state index < -0.39 is 17.2 Å². The van der Waals surface area contributed by atoms with Gasteiger partial charge in [0.2, 0.25) is 5.91 Å². The summed E-state index contributed by atoms with van der Waals surface area (Å²) in [5.41, 5.74) is -0.357. The first kappa shape index (κ1) is 13.2. The van der Waals surface area contributed by atoms with Crippen molar-refractivity contribution in [3.8, 4) is 12.3 Å². The summed E-state index contributed by atoms with van der Waals surface area (Å²) < 4.78 is 25.6. The molecule has 0 heterocycles. The Bertz CT molecular complexity index is 475. The minimum atomic E-state index is -0.966. The van der Waals surface area contributed by atoms with Crippen LogP contribution < -0.4 is 5.32 Å². The lowest BCUT2D eigenvalue weighted by Crippen LogP contribution is -2.42. The van der Waals surface area contributed by atoms with Crippen LogP contribution in [0, 0.1) is 24.0 Å². The van der Waals surface area contributed by atoms with Crippen LogP contribution in [0.1, 0.15) is 19.4 Å². The zero-order valence-electron chi connectivity index (χ0n) is 9.68. The van der Waals surface area contributed by atoms with E-state index in [1.807, 2.05) is 0 Å². The molecule has 1 N–H and O–H groups in total. The summed E-state index contributed by atoms with van der Waals surface area (Å²) in [6.45, 7) is 3.35. The largest absolute Gasteiger partial charge is 0.340 e. The van der Waals surface area contributed by atoms with Crippen molar-refractivity contribution < 1.29 is 13.6 Å². The first-order valence-electron chi connectivity index (χ1n) is 5.07. The fraction of sp³-hybridized carbons (Fsp3) is 0.308. The normalized spacial score (nSPS) is 10.8. The predicted molar refractivity (Wildman–Crippen MR) is 61.1 cm³/mol. The summed E-state index contributed by atoms with van der Waals surface area (Å²) in [7, 11) is 0. The number of amides is 1. The van der Waals surface area contributed by atoms with E-state index >= 15 is 0 Å². The maximum absolute atomic E-state index is 12.9. The first-order chi connectivity index (χ1) is 7.84. The van der Waals surface area contributed by atoms with E-state index in [9.17, 15) is 13.6 Å². The highest BCUT2D eigenvalue weighted by Gasteiger charge is 2.17. The van der Waals surface area contributed by atoms with Gasteiger partial charge in [-0.2, -0.15) is 0 Å². The molecule has 0 aliphatic heterocycles. The summed E-state index contributed by atoms with van der Waals surface area (Å²) in [5, 5.41) is 2.60. The Labute approximate surface area is 99.0 Å². The molecule has 90 valence electrons. The van der Waals surface area contributed by atoms with Gasteiger partial charge in [0, 0.05) is 0 Å². The molecule has 1 amide bonds. The van der Waals surface area contributed by atoms with Crippen LogP contribution in [-0.4, -0.2) is 11.4 Å². The van der Waals surface area contributed by atoms with Gasteiger partial charge in [0.25, 0.3) is 0 Å². The van der Waals surface area contributed by atoms with Crippen LogP contribution in [0.5, 0.6) is 0 Å². The van der Waals surface area contributed by atoms with E-state index in [4.69, 9.17) is 6.42 Å². The van der Waals surface area contributed by atoms with Crippen LogP contribution in [0.4, 0.5) is 8.78 Å². The zero-order valence-corrected chi connectivity index (χ0v) is 9.68. The Hall–Kier alpha value is -1.89. The van der Waals surface area contributed by atoms with Gasteiger partial charge in [0.15, 0.2) is 11.6 Å². The van der Waals surface area contributed by atoms with Crippen molar-refractivity contribution in [2.45, 2.75) is 25.8 Å². The molecule has 1 aromatic carbocycles. The predicted octanol–water partition coefficient (Wildman–Crippen LogP) is 2.04. The summed E-state index contributed by atoms with van der Waals surface area (Å²) in [6, 6.07) is 3.35. The lowest BCUT2D eigenvalue weighted by molar-refractivity contribution is -0.121. The van der Waals surface area contributed by atoms with Gasteiger partial charge in [-0.05, 0) is 31.5 Å². The molecule has 4 heteroatoms. The average molecular weight is 237 g/mol. The third-order valence-electron chi connectivity index (χ3n) is 2.16. The number of benzene rings is 1. The minimum Gasteiger partial charge on any atom is -0.340 e. The van der Waals surface area contributed by atoms with Crippen LogP contribution in [0.3, 0.4) is 0 Å². The zero-order chi connectivity index (χ0) is 13.1. The summed E-state index contributed by atoms with van der Waals surface area (Å²) in [6.07, 6.45) is 5.18. The molecule has 0 saturated heterocycles. The van der Waals surface area contributed by atoms with Crippen LogP contribution in [0.25, 0.3) is 0 Å². The average Bonchev–Trinajstić information content (AvgIpc) is 2.23. The number of terminal acetylenes is 1. The molecule has 1 aromatic rings. The van der Waals surface area contributed by atoms with Gasteiger partial charge in [-0.15, -0.1) is 6.42 Å². The molecular weight excluding hydrogens is 224 g/mol. The molecule has 0 fully saturated rings. The van der Waals surface area contributed by atoms with Crippen molar-refractivity contribution in [3.63, 3.8) is 0 Å². The molecule has 0 unspecified atom stereocenters. The van der Waals surface area contributed by atoms with Crippen LogP contribution in [0.15, 0.2) is 18.2 Å². The lowest BCUT2D eigenvalue weighted by Gasteiger charge is -2.19. The maximum atomic E-state index is 12.9. The number of nitrogens with one attached hydrogen (secondary N) is 1. The fourth-order valence-electron chi connectivity index (χ4n) is 1.26. The molecule has 0 radical (unpaired) electrons. The standard InChI is InChI=1S/C13H13F2NO/c1-4-13(2,3)16-12(17)8-9-5-6-10(14)11(15)7-9/h1,5-7H,8H2,2-3H3,(H,16,17). The van der Waals surface area contributed by atoms with Crippen molar-refractivity contribution in [1.82, 2.24) is 5.32 Å². The highest BCUT2D eigenvalue weighted by Crippen LogP contribution is 2.09. The van der Waals surface area contributed by atoms with E-state index in [0.717, 1.165) is 12.1 Å². The molecule has 0 bridgehead atoms. The van der Waals surface area contributed by atoms with Gasteiger partial charge in [0.05, 0.1) is 12.0 Å². The number of hydrogen-bond acceptors (Lipinski definition) is 1. The second-order valence-electron chi connectivity index (χ2n) is 4.24. The third kappa shape index (κ3) is 3.87. The van der Waals surface area contributed by atoms with E-state index in [0.29, 0.717) is 5.56 Å².